The van der Waals surface area contributed by atoms with Gasteiger partial charge in [0.15, 0.2) is 0 Å². The van der Waals surface area contributed by atoms with Gasteiger partial charge in [-0.05, 0) is 44.1 Å². The molecule has 2 aromatic rings. The van der Waals surface area contributed by atoms with E-state index in [0.717, 1.165) is 32.4 Å². The smallest absolute Gasteiger partial charge is 0.247 e. The molecule has 1 aromatic heterocycles. The van der Waals surface area contributed by atoms with E-state index in [1.54, 1.807) is 12.1 Å². The van der Waals surface area contributed by atoms with Crippen molar-refractivity contribution in [2.75, 3.05) is 13.1 Å². The highest BCUT2D eigenvalue weighted by molar-refractivity contribution is 5.52. The number of benzene rings is 1. The van der Waals surface area contributed by atoms with Gasteiger partial charge < -0.3 is 9.73 Å². The Kier molecular flexibility index (Phi) is 5.03. The number of hydrogen-bond acceptors (Lipinski definition) is 4. The van der Waals surface area contributed by atoms with Gasteiger partial charge in [-0.15, -0.1) is 10.2 Å². The van der Waals surface area contributed by atoms with Gasteiger partial charge in [0, 0.05) is 12.0 Å². The first-order valence-electron chi connectivity index (χ1n) is 6.58. The van der Waals surface area contributed by atoms with E-state index in [0.29, 0.717) is 17.3 Å². The first-order valence-corrected chi connectivity index (χ1v) is 6.58. The molecule has 1 N–H and O–H groups in total. The molecule has 102 valence electrons. The number of nitrogens with one attached hydrogen (secondary N) is 1. The Morgan fingerprint density at radius 3 is 2.95 bits per heavy atom. The minimum Gasteiger partial charge on any atom is -0.421 e. The second-order valence-corrected chi connectivity index (χ2v) is 4.36. The van der Waals surface area contributed by atoms with Gasteiger partial charge in [-0.1, -0.05) is 13.0 Å². The number of rotatable bonds is 7. The molecule has 0 saturated carbocycles. The van der Waals surface area contributed by atoms with Crippen LogP contribution in [0.4, 0.5) is 4.39 Å². The monoisotopic (exact) mass is 263 g/mol. The van der Waals surface area contributed by atoms with Crippen molar-refractivity contribution in [1.29, 1.82) is 0 Å². The van der Waals surface area contributed by atoms with Crippen LogP contribution in [0.3, 0.4) is 0 Å². The van der Waals surface area contributed by atoms with E-state index in [1.807, 2.05) is 0 Å². The minimum atomic E-state index is -0.305. The van der Waals surface area contributed by atoms with Crippen molar-refractivity contribution in [2.45, 2.75) is 26.2 Å². The third-order valence-electron chi connectivity index (χ3n) is 2.71. The molecule has 19 heavy (non-hydrogen) atoms. The van der Waals surface area contributed by atoms with Crippen molar-refractivity contribution >= 4 is 0 Å². The summed E-state index contributed by atoms with van der Waals surface area (Å²) in [6.07, 6.45) is 2.81. The number of aromatic nitrogens is 2. The molecular weight excluding hydrogens is 245 g/mol. The summed E-state index contributed by atoms with van der Waals surface area (Å²) in [5, 5.41) is 11.2. The summed E-state index contributed by atoms with van der Waals surface area (Å²) in [6.45, 7) is 4.10. The average Bonchev–Trinajstić information content (AvgIpc) is 2.87. The van der Waals surface area contributed by atoms with Crippen molar-refractivity contribution < 1.29 is 8.81 Å². The molecule has 0 spiro atoms. The molecule has 0 bridgehead atoms. The summed E-state index contributed by atoms with van der Waals surface area (Å²) in [5.41, 5.74) is 0.614. The van der Waals surface area contributed by atoms with E-state index in [4.69, 9.17) is 4.42 Å². The highest BCUT2D eigenvalue weighted by atomic mass is 19.1. The van der Waals surface area contributed by atoms with E-state index in [1.165, 1.54) is 12.1 Å². The summed E-state index contributed by atoms with van der Waals surface area (Å²) in [6, 6.07) is 6.16. The molecule has 0 unspecified atom stereocenters. The molecule has 0 atom stereocenters. The molecule has 0 aliphatic carbocycles. The van der Waals surface area contributed by atoms with Crippen molar-refractivity contribution in [1.82, 2.24) is 15.5 Å². The molecule has 4 nitrogen and oxygen atoms in total. The maximum absolute atomic E-state index is 13.1. The molecule has 0 aliphatic heterocycles. The van der Waals surface area contributed by atoms with Crippen molar-refractivity contribution in [2.24, 2.45) is 0 Å². The highest BCUT2D eigenvalue weighted by Crippen LogP contribution is 2.18. The van der Waals surface area contributed by atoms with E-state index in [-0.39, 0.29) is 5.82 Å². The highest BCUT2D eigenvalue weighted by Gasteiger charge is 2.08. The topological polar surface area (TPSA) is 51.0 Å². The quantitative estimate of drug-likeness (QED) is 0.780. The molecule has 0 fully saturated rings. The van der Waals surface area contributed by atoms with Crippen LogP contribution in [-0.4, -0.2) is 23.3 Å². The van der Waals surface area contributed by atoms with Crippen molar-refractivity contribution in [3.05, 3.63) is 36.0 Å². The fourth-order valence-corrected chi connectivity index (χ4v) is 1.76. The third-order valence-corrected chi connectivity index (χ3v) is 2.71. The van der Waals surface area contributed by atoms with Crippen LogP contribution in [-0.2, 0) is 6.42 Å². The molecule has 2 rings (SSSR count). The van der Waals surface area contributed by atoms with Gasteiger partial charge in [-0.3, -0.25) is 0 Å². The van der Waals surface area contributed by atoms with Crippen LogP contribution in [0, 0.1) is 5.82 Å². The lowest BCUT2D eigenvalue weighted by Crippen LogP contribution is -2.16. The van der Waals surface area contributed by atoms with E-state index < -0.39 is 0 Å². The largest absolute Gasteiger partial charge is 0.421 e. The Morgan fingerprint density at radius 1 is 1.26 bits per heavy atom. The number of aryl methyl sites for hydroxylation is 1. The Morgan fingerprint density at radius 2 is 2.16 bits per heavy atom. The van der Waals surface area contributed by atoms with Gasteiger partial charge in [-0.2, -0.15) is 0 Å². The molecule has 0 amide bonds. The zero-order chi connectivity index (χ0) is 13.5. The maximum Gasteiger partial charge on any atom is 0.247 e. The second kappa shape index (κ2) is 6.99. The molecule has 0 radical (unpaired) electrons. The average molecular weight is 263 g/mol. The molecule has 0 aliphatic rings. The summed E-state index contributed by atoms with van der Waals surface area (Å²) in [5.74, 6) is 0.662. The van der Waals surface area contributed by atoms with E-state index in [2.05, 4.69) is 22.4 Å². The van der Waals surface area contributed by atoms with Gasteiger partial charge in [0.25, 0.3) is 0 Å². The summed E-state index contributed by atoms with van der Waals surface area (Å²) >= 11 is 0. The lowest BCUT2D eigenvalue weighted by Gasteiger charge is -1.99. The Hall–Kier alpha value is -1.75. The first-order chi connectivity index (χ1) is 9.29. The van der Waals surface area contributed by atoms with Gasteiger partial charge >= 0.3 is 0 Å². The van der Waals surface area contributed by atoms with Crippen molar-refractivity contribution in [3.8, 4) is 11.5 Å². The zero-order valence-electron chi connectivity index (χ0n) is 11.0. The molecule has 1 heterocycles. The van der Waals surface area contributed by atoms with E-state index in [9.17, 15) is 4.39 Å². The summed E-state index contributed by atoms with van der Waals surface area (Å²) in [7, 11) is 0. The van der Waals surface area contributed by atoms with Crippen LogP contribution >= 0.6 is 0 Å². The SMILES string of the molecule is CCCNCCCc1nnc(-c2cccc(F)c2)o1. The maximum atomic E-state index is 13.1. The first kappa shape index (κ1) is 13.7. The Labute approximate surface area is 112 Å². The fraction of sp³-hybridized carbons (Fsp3) is 0.429. The van der Waals surface area contributed by atoms with Gasteiger partial charge in [-0.25, -0.2) is 4.39 Å². The summed E-state index contributed by atoms with van der Waals surface area (Å²) in [4.78, 5) is 0. The lowest BCUT2D eigenvalue weighted by molar-refractivity contribution is 0.491. The standard InChI is InChI=1S/C14H18FN3O/c1-2-8-16-9-4-7-13-17-18-14(19-13)11-5-3-6-12(15)10-11/h3,5-6,10,16H,2,4,7-9H2,1H3. The van der Waals surface area contributed by atoms with Crippen LogP contribution in [0.25, 0.3) is 11.5 Å². The second-order valence-electron chi connectivity index (χ2n) is 4.36. The van der Waals surface area contributed by atoms with E-state index >= 15 is 0 Å². The van der Waals surface area contributed by atoms with Crippen molar-refractivity contribution in [3.63, 3.8) is 0 Å². The Balaban J connectivity index is 1.88. The van der Waals surface area contributed by atoms with Gasteiger partial charge in [0.2, 0.25) is 11.8 Å². The number of hydrogen-bond donors (Lipinski definition) is 1. The number of nitrogens with zero attached hydrogens (tertiary/aromatic N) is 2. The van der Waals surface area contributed by atoms with Crippen LogP contribution in [0.1, 0.15) is 25.7 Å². The Bertz CT molecular complexity index is 513. The van der Waals surface area contributed by atoms with Gasteiger partial charge in [0.1, 0.15) is 5.82 Å². The molecular formula is C14H18FN3O. The predicted octanol–water partition coefficient (Wildman–Crippen LogP) is 2.81. The zero-order valence-corrected chi connectivity index (χ0v) is 11.0. The van der Waals surface area contributed by atoms with Gasteiger partial charge in [0.05, 0.1) is 0 Å². The number of halogens is 1. The summed E-state index contributed by atoms with van der Waals surface area (Å²) < 4.78 is 18.6. The fourth-order valence-electron chi connectivity index (χ4n) is 1.76. The van der Waals surface area contributed by atoms with Crippen LogP contribution in [0.15, 0.2) is 28.7 Å². The molecule has 1 aromatic carbocycles. The van der Waals surface area contributed by atoms with Crippen LogP contribution < -0.4 is 5.32 Å². The minimum absolute atomic E-state index is 0.305. The molecule has 5 heteroatoms. The predicted molar refractivity (Wildman–Crippen MR) is 71.2 cm³/mol. The third kappa shape index (κ3) is 4.13. The molecule has 0 saturated heterocycles. The lowest BCUT2D eigenvalue weighted by atomic mass is 10.2. The van der Waals surface area contributed by atoms with Crippen LogP contribution in [0.5, 0.6) is 0 Å². The van der Waals surface area contributed by atoms with Crippen LogP contribution in [0.2, 0.25) is 0 Å². The normalized spacial score (nSPS) is 10.8.